The second-order valence-corrected chi connectivity index (χ2v) is 8.90. The van der Waals surface area contributed by atoms with Crippen molar-refractivity contribution >= 4 is 22.4 Å². The lowest BCUT2D eigenvalue weighted by atomic mass is 10.1. The van der Waals surface area contributed by atoms with E-state index in [1.165, 1.54) is 6.42 Å². The van der Waals surface area contributed by atoms with E-state index in [9.17, 15) is 8.42 Å². The molecule has 0 aromatic heterocycles. The van der Waals surface area contributed by atoms with Crippen LogP contribution >= 0.6 is 12.4 Å². The van der Waals surface area contributed by atoms with Gasteiger partial charge in [0, 0.05) is 25.2 Å². The van der Waals surface area contributed by atoms with E-state index in [1.54, 1.807) is 28.6 Å². The number of rotatable bonds is 5. The SMILES string of the molecule is CC(C)COc1ccc(S(=O)(=O)N2CCC3CCC(C2)N3)cc1.Cl. The van der Waals surface area contributed by atoms with Gasteiger partial charge in [0.25, 0.3) is 0 Å². The smallest absolute Gasteiger partial charge is 0.243 e. The largest absolute Gasteiger partial charge is 0.493 e. The van der Waals surface area contributed by atoms with Crippen LogP contribution in [0.1, 0.15) is 33.1 Å². The van der Waals surface area contributed by atoms with E-state index in [2.05, 4.69) is 19.2 Å². The zero-order valence-corrected chi connectivity index (χ0v) is 15.9. The van der Waals surface area contributed by atoms with E-state index >= 15 is 0 Å². The fourth-order valence-electron chi connectivity index (χ4n) is 3.25. The Morgan fingerprint density at radius 2 is 1.83 bits per heavy atom. The van der Waals surface area contributed by atoms with Crippen LogP contribution in [0.5, 0.6) is 5.75 Å². The van der Waals surface area contributed by atoms with Crippen molar-refractivity contribution in [3.8, 4) is 5.75 Å². The summed E-state index contributed by atoms with van der Waals surface area (Å²) in [4.78, 5) is 0.354. The zero-order chi connectivity index (χ0) is 16.4. The highest BCUT2D eigenvalue weighted by Gasteiger charge is 2.34. The molecule has 0 radical (unpaired) electrons. The molecular formula is C17H27ClN2O3S. The van der Waals surface area contributed by atoms with Crippen LogP contribution in [0, 0.1) is 5.92 Å². The molecule has 2 aliphatic rings. The fraction of sp³-hybridized carbons (Fsp3) is 0.647. The van der Waals surface area contributed by atoms with Crippen molar-refractivity contribution < 1.29 is 13.2 Å². The molecule has 7 heteroatoms. The summed E-state index contributed by atoms with van der Waals surface area (Å²) in [7, 11) is -3.42. The van der Waals surface area contributed by atoms with Crippen molar-refractivity contribution in [3.63, 3.8) is 0 Å². The predicted molar refractivity (Wildman–Crippen MR) is 97.3 cm³/mol. The molecule has 3 rings (SSSR count). The van der Waals surface area contributed by atoms with Crippen LogP contribution < -0.4 is 10.1 Å². The molecular weight excluding hydrogens is 348 g/mol. The lowest BCUT2D eigenvalue weighted by Crippen LogP contribution is -2.39. The Morgan fingerprint density at radius 1 is 1.17 bits per heavy atom. The average Bonchev–Trinajstić information content (AvgIpc) is 2.84. The molecule has 2 aliphatic heterocycles. The summed E-state index contributed by atoms with van der Waals surface area (Å²) in [5.41, 5.74) is 0. The molecule has 1 aromatic rings. The third-order valence-electron chi connectivity index (χ3n) is 4.53. The van der Waals surface area contributed by atoms with Crippen molar-refractivity contribution in [1.29, 1.82) is 0 Å². The number of sulfonamides is 1. The zero-order valence-electron chi connectivity index (χ0n) is 14.3. The highest BCUT2D eigenvalue weighted by molar-refractivity contribution is 7.89. The van der Waals surface area contributed by atoms with Gasteiger partial charge in [-0.05, 0) is 49.4 Å². The molecule has 24 heavy (non-hydrogen) atoms. The van der Waals surface area contributed by atoms with Crippen molar-refractivity contribution in [2.24, 2.45) is 5.92 Å². The number of hydrogen-bond donors (Lipinski definition) is 1. The van der Waals surface area contributed by atoms with E-state index in [0.717, 1.165) is 12.8 Å². The van der Waals surface area contributed by atoms with Crippen LogP contribution in [0.25, 0.3) is 0 Å². The Hall–Kier alpha value is -0.820. The number of benzene rings is 1. The molecule has 0 saturated carbocycles. The van der Waals surface area contributed by atoms with Gasteiger partial charge in [-0.25, -0.2) is 8.42 Å². The maximum Gasteiger partial charge on any atom is 0.243 e. The van der Waals surface area contributed by atoms with E-state index in [4.69, 9.17) is 4.74 Å². The maximum absolute atomic E-state index is 12.9. The first-order chi connectivity index (χ1) is 10.9. The summed E-state index contributed by atoms with van der Waals surface area (Å²) in [5.74, 6) is 1.16. The molecule has 0 amide bonds. The molecule has 2 bridgehead atoms. The summed E-state index contributed by atoms with van der Waals surface area (Å²) < 4.78 is 33.0. The van der Waals surface area contributed by atoms with Gasteiger partial charge in [0.15, 0.2) is 0 Å². The van der Waals surface area contributed by atoms with Crippen molar-refractivity contribution in [1.82, 2.24) is 9.62 Å². The Kier molecular flexibility index (Phi) is 6.53. The lowest BCUT2D eigenvalue weighted by Gasteiger charge is -2.23. The van der Waals surface area contributed by atoms with Gasteiger partial charge in [-0.2, -0.15) is 4.31 Å². The first kappa shape index (κ1) is 19.5. The molecule has 2 saturated heterocycles. The lowest BCUT2D eigenvalue weighted by molar-refractivity contribution is 0.271. The third-order valence-corrected chi connectivity index (χ3v) is 6.41. The Balaban J connectivity index is 0.00000208. The van der Waals surface area contributed by atoms with Gasteiger partial charge in [-0.15, -0.1) is 12.4 Å². The highest BCUT2D eigenvalue weighted by atomic mass is 35.5. The molecule has 2 unspecified atom stereocenters. The summed E-state index contributed by atoms with van der Waals surface area (Å²) in [6.45, 7) is 5.97. The molecule has 0 spiro atoms. The number of halogens is 1. The first-order valence-electron chi connectivity index (χ1n) is 8.44. The quantitative estimate of drug-likeness (QED) is 0.860. The normalized spacial score (nSPS) is 24.5. The van der Waals surface area contributed by atoms with Crippen LogP contribution in [0.2, 0.25) is 0 Å². The monoisotopic (exact) mass is 374 g/mol. The Morgan fingerprint density at radius 3 is 2.50 bits per heavy atom. The minimum Gasteiger partial charge on any atom is -0.493 e. The number of nitrogens with zero attached hydrogens (tertiary/aromatic N) is 1. The minimum absolute atomic E-state index is 0. The Labute approximate surface area is 151 Å². The van der Waals surface area contributed by atoms with E-state index < -0.39 is 10.0 Å². The van der Waals surface area contributed by atoms with Crippen LogP contribution in [0.4, 0.5) is 0 Å². The summed E-state index contributed by atoms with van der Waals surface area (Å²) >= 11 is 0. The van der Waals surface area contributed by atoms with Gasteiger partial charge < -0.3 is 10.1 Å². The second-order valence-electron chi connectivity index (χ2n) is 6.97. The van der Waals surface area contributed by atoms with Gasteiger partial charge in [0.1, 0.15) is 5.75 Å². The highest BCUT2D eigenvalue weighted by Crippen LogP contribution is 2.26. The fourth-order valence-corrected chi connectivity index (χ4v) is 4.75. The summed E-state index contributed by atoms with van der Waals surface area (Å²) in [6.07, 6.45) is 3.13. The van der Waals surface area contributed by atoms with Gasteiger partial charge in [0.2, 0.25) is 10.0 Å². The Bertz CT molecular complexity index is 634. The van der Waals surface area contributed by atoms with Gasteiger partial charge in [-0.1, -0.05) is 13.8 Å². The molecule has 1 aromatic carbocycles. The van der Waals surface area contributed by atoms with E-state index in [-0.39, 0.29) is 12.4 Å². The van der Waals surface area contributed by atoms with Gasteiger partial charge in [-0.3, -0.25) is 0 Å². The molecule has 2 atom stereocenters. The number of fused-ring (bicyclic) bond motifs is 2. The van der Waals surface area contributed by atoms with E-state index in [1.807, 2.05) is 0 Å². The molecule has 136 valence electrons. The molecule has 2 heterocycles. The molecule has 5 nitrogen and oxygen atoms in total. The summed E-state index contributed by atoms with van der Waals surface area (Å²) in [6, 6.07) is 7.58. The second kappa shape index (κ2) is 8.04. The van der Waals surface area contributed by atoms with Gasteiger partial charge in [0.05, 0.1) is 11.5 Å². The maximum atomic E-state index is 12.9. The average molecular weight is 375 g/mol. The van der Waals surface area contributed by atoms with Crippen LogP contribution in [-0.4, -0.2) is 44.5 Å². The standard InChI is InChI=1S/C17H26N2O3S.ClH/c1-13(2)12-22-16-5-7-17(8-6-16)23(20,21)19-10-9-14-3-4-15(11-19)18-14;/h5-8,13-15,18H,3-4,9-12H2,1-2H3;1H. The molecule has 0 aliphatic carbocycles. The number of nitrogens with one attached hydrogen (secondary N) is 1. The van der Waals surface area contributed by atoms with Crippen LogP contribution in [-0.2, 0) is 10.0 Å². The van der Waals surface area contributed by atoms with Crippen LogP contribution in [0.15, 0.2) is 29.2 Å². The minimum atomic E-state index is -3.42. The summed E-state index contributed by atoms with van der Waals surface area (Å²) in [5, 5.41) is 3.52. The van der Waals surface area contributed by atoms with Crippen molar-refractivity contribution in [2.45, 2.75) is 50.1 Å². The molecule has 1 N–H and O–H groups in total. The van der Waals surface area contributed by atoms with Gasteiger partial charge >= 0.3 is 0 Å². The van der Waals surface area contributed by atoms with E-state index in [0.29, 0.717) is 48.3 Å². The first-order valence-corrected chi connectivity index (χ1v) is 9.88. The van der Waals surface area contributed by atoms with Crippen LogP contribution in [0.3, 0.4) is 0 Å². The third kappa shape index (κ3) is 4.42. The molecule has 2 fully saturated rings. The van der Waals surface area contributed by atoms with Crippen molar-refractivity contribution in [3.05, 3.63) is 24.3 Å². The predicted octanol–water partition coefficient (Wildman–Crippen LogP) is 2.66. The number of hydrogen-bond acceptors (Lipinski definition) is 4. The number of ether oxygens (including phenoxy) is 1. The topological polar surface area (TPSA) is 58.6 Å². The van der Waals surface area contributed by atoms with Crippen molar-refractivity contribution in [2.75, 3.05) is 19.7 Å².